The van der Waals surface area contributed by atoms with Gasteiger partial charge in [-0.3, -0.25) is 4.98 Å². The molecule has 0 amide bonds. The summed E-state index contributed by atoms with van der Waals surface area (Å²) in [7, 11) is 0. The average molecular weight is 259 g/mol. The Morgan fingerprint density at radius 2 is 2.18 bits per heavy atom. The molecular weight excluding hydrogens is 240 g/mol. The highest BCUT2D eigenvalue weighted by Gasteiger charge is 2.22. The van der Waals surface area contributed by atoms with E-state index >= 15 is 0 Å². The van der Waals surface area contributed by atoms with Crippen molar-refractivity contribution < 1.29 is 0 Å². The molecule has 0 aromatic carbocycles. The van der Waals surface area contributed by atoms with Crippen LogP contribution in [0.3, 0.4) is 0 Å². The van der Waals surface area contributed by atoms with Gasteiger partial charge in [-0.2, -0.15) is 0 Å². The van der Waals surface area contributed by atoms with E-state index in [1.807, 2.05) is 6.07 Å². The minimum absolute atomic E-state index is 0. The fraction of sp³-hybridized carbons (Fsp3) is 0.636. The fourth-order valence-electron chi connectivity index (χ4n) is 2.21. The highest BCUT2D eigenvalue weighted by atomic mass is 35.5. The molecule has 0 bridgehead atoms. The van der Waals surface area contributed by atoms with E-state index in [0.29, 0.717) is 5.92 Å². The summed E-state index contributed by atoms with van der Waals surface area (Å²) in [5.41, 5.74) is 5.60. The van der Waals surface area contributed by atoms with Crippen molar-refractivity contribution in [3.05, 3.63) is 22.7 Å². The van der Waals surface area contributed by atoms with Gasteiger partial charge in [-0.05, 0) is 31.7 Å². The molecule has 0 radical (unpaired) electrons. The SMILES string of the molecule is CC(N)C1CCN(c2ccnc(=O)[nH]2)CC1.Cl. The molecule has 17 heavy (non-hydrogen) atoms. The molecule has 0 saturated carbocycles. The second kappa shape index (κ2) is 6.02. The number of aromatic amines is 1. The Hall–Kier alpha value is -1.07. The van der Waals surface area contributed by atoms with E-state index in [4.69, 9.17) is 5.73 Å². The minimum Gasteiger partial charge on any atom is -0.358 e. The first-order chi connectivity index (χ1) is 7.66. The van der Waals surface area contributed by atoms with Crippen LogP contribution >= 0.6 is 12.4 Å². The fourth-order valence-corrected chi connectivity index (χ4v) is 2.21. The molecule has 1 fully saturated rings. The number of nitrogens with zero attached hydrogens (tertiary/aromatic N) is 2. The van der Waals surface area contributed by atoms with Crippen LogP contribution in [-0.2, 0) is 0 Å². The third kappa shape index (κ3) is 3.44. The first kappa shape index (κ1) is 14.0. The van der Waals surface area contributed by atoms with Crippen molar-refractivity contribution in [1.82, 2.24) is 9.97 Å². The first-order valence-electron chi connectivity index (χ1n) is 5.72. The zero-order valence-corrected chi connectivity index (χ0v) is 10.7. The van der Waals surface area contributed by atoms with Crippen molar-refractivity contribution in [1.29, 1.82) is 0 Å². The molecule has 1 aromatic heterocycles. The van der Waals surface area contributed by atoms with Gasteiger partial charge in [0.15, 0.2) is 0 Å². The summed E-state index contributed by atoms with van der Waals surface area (Å²) in [6.45, 7) is 3.97. The summed E-state index contributed by atoms with van der Waals surface area (Å²) in [5.74, 6) is 1.47. The van der Waals surface area contributed by atoms with Gasteiger partial charge in [-0.25, -0.2) is 9.78 Å². The summed E-state index contributed by atoms with van der Waals surface area (Å²) in [6, 6.07) is 2.10. The molecule has 3 N–H and O–H groups in total. The summed E-state index contributed by atoms with van der Waals surface area (Å²) in [4.78, 5) is 19.6. The molecule has 5 nitrogen and oxygen atoms in total. The Morgan fingerprint density at radius 1 is 1.53 bits per heavy atom. The van der Waals surface area contributed by atoms with E-state index in [-0.39, 0.29) is 24.1 Å². The Morgan fingerprint density at radius 3 is 2.71 bits per heavy atom. The number of nitrogens with one attached hydrogen (secondary N) is 1. The van der Waals surface area contributed by atoms with Gasteiger partial charge in [0.05, 0.1) is 0 Å². The third-order valence-corrected chi connectivity index (χ3v) is 3.28. The Labute approximate surface area is 107 Å². The lowest BCUT2D eigenvalue weighted by Gasteiger charge is -2.34. The van der Waals surface area contributed by atoms with Crippen LogP contribution in [0.2, 0.25) is 0 Å². The number of H-pyrrole nitrogens is 1. The molecule has 2 heterocycles. The number of piperidine rings is 1. The number of hydrogen-bond donors (Lipinski definition) is 2. The van der Waals surface area contributed by atoms with Crippen molar-refractivity contribution in [2.45, 2.75) is 25.8 Å². The van der Waals surface area contributed by atoms with Crippen LogP contribution in [-0.4, -0.2) is 29.1 Å². The van der Waals surface area contributed by atoms with E-state index in [9.17, 15) is 4.79 Å². The van der Waals surface area contributed by atoms with Gasteiger partial charge in [0.1, 0.15) is 5.82 Å². The van der Waals surface area contributed by atoms with Crippen LogP contribution in [0, 0.1) is 5.92 Å². The van der Waals surface area contributed by atoms with Crippen molar-refractivity contribution >= 4 is 18.2 Å². The molecule has 96 valence electrons. The predicted molar refractivity (Wildman–Crippen MR) is 70.7 cm³/mol. The lowest BCUT2D eigenvalue weighted by Crippen LogP contribution is -2.40. The van der Waals surface area contributed by atoms with Crippen molar-refractivity contribution in [3.8, 4) is 0 Å². The topological polar surface area (TPSA) is 75.0 Å². The maximum atomic E-state index is 11.1. The van der Waals surface area contributed by atoms with Gasteiger partial charge in [-0.15, -0.1) is 12.4 Å². The number of anilines is 1. The monoisotopic (exact) mass is 258 g/mol. The Balaban J connectivity index is 0.00000144. The van der Waals surface area contributed by atoms with Crippen LogP contribution in [0.4, 0.5) is 5.82 Å². The molecule has 2 rings (SSSR count). The predicted octanol–water partition coefficient (Wildman–Crippen LogP) is 0.755. The molecule has 0 spiro atoms. The molecule has 1 aliphatic heterocycles. The van der Waals surface area contributed by atoms with Crippen LogP contribution in [0.15, 0.2) is 17.1 Å². The lowest BCUT2D eigenvalue weighted by atomic mass is 9.91. The van der Waals surface area contributed by atoms with E-state index in [0.717, 1.165) is 31.7 Å². The Bertz CT molecular complexity index is 398. The van der Waals surface area contributed by atoms with Crippen LogP contribution in [0.25, 0.3) is 0 Å². The zero-order valence-electron chi connectivity index (χ0n) is 9.93. The maximum Gasteiger partial charge on any atom is 0.346 e. The second-order valence-electron chi connectivity index (χ2n) is 4.44. The van der Waals surface area contributed by atoms with Crippen molar-refractivity contribution in [2.24, 2.45) is 11.7 Å². The van der Waals surface area contributed by atoms with E-state index in [1.165, 1.54) is 0 Å². The number of nitrogens with two attached hydrogens (primary N) is 1. The Kier molecular flexibility index (Phi) is 4.96. The zero-order chi connectivity index (χ0) is 11.5. The number of aromatic nitrogens is 2. The molecule has 1 atom stereocenters. The quantitative estimate of drug-likeness (QED) is 0.821. The van der Waals surface area contributed by atoms with E-state index in [1.54, 1.807) is 6.20 Å². The normalized spacial score (nSPS) is 18.6. The van der Waals surface area contributed by atoms with Crippen LogP contribution < -0.4 is 16.3 Å². The number of rotatable bonds is 2. The van der Waals surface area contributed by atoms with Gasteiger partial charge < -0.3 is 10.6 Å². The lowest BCUT2D eigenvalue weighted by molar-refractivity contribution is 0.353. The van der Waals surface area contributed by atoms with Crippen LogP contribution in [0.1, 0.15) is 19.8 Å². The number of hydrogen-bond acceptors (Lipinski definition) is 4. The highest BCUT2D eigenvalue weighted by molar-refractivity contribution is 5.85. The van der Waals surface area contributed by atoms with E-state index < -0.39 is 0 Å². The standard InChI is InChI=1S/C11H18N4O.ClH/c1-8(12)9-3-6-15(7-4-9)10-2-5-13-11(16)14-10;/h2,5,8-9H,3-4,6-7,12H2,1H3,(H,13,14,16);1H. The van der Waals surface area contributed by atoms with Crippen LogP contribution in [0.5, 0.6) is 0 Å². The first-order valence-corrected chi connectivity index (χ1v) is 5.72. The van der Waals surface area contributed by atoms with Crippen molar-refractivity contribution in [3.63, 3.8) is 0 Å². The van der Waals surface area contributed by atoms with E-state index in [2.05, 4.69) is 21.8 Å². The molecule has 6 heteroatoms. The van der Waals surface area contributed by atoms with Crippen molar-refractivity contribution in [2.75, 3.05) is 18.0 Å². The minimum atomic E-state index is -0.285. The third-order valence-electron chi connectivity index (χ3n) is 3.28. The molecule has 0 aliphatic carbocycles. The smallest absolute Gasteiger partial charge is 0.346 e. The second-order valence-corrected chi connectivity index (χ2v) is 4.44. The van der Waals surface area contributed by atoms with Gasteiger partial charge in [0, 0.05) is 25.3 Å². The van der Waals surface area contributed by atoms with Gasteiger partial charge >= 0.3 is 5.69 Å². The summed E-state index contributed by atoms with van der Waals surface area (Å²) in [5, 5.41) is 0. The molecule has 1 saturated heterocycles. The number of halogens is 1. The summed E-state index contributed by atoms with van der Waals surface area (Å²) in [6.07, 6.45) is 3.72. The van der Waals surface area contributed by atoms with Gasteiger partial charge in [0.2, 0.25) is 0 Å². The summed E-state index contributed by atoms with van der Waals surface area (Å²) >= 11 is 0. The largest absolute Gasteiger partial charge is 0.358 e. The maximum absolute atomic E-state index is 11.1. The average Bonchev–Trinajstić information content (AvgIpc) is 2.29. The summed E-state index contributed by atoms with van der Waals surface area (Å²) < 4.78 is 0. The van der Waals surface area contributed by atoms with Gasteiger partial charge in [-0.1, -0.05) is 0 Å². The molecule has 1 aromatic rings. The molecular formula is C11H19ClN4O. The van der Waals surface area contributed by atoms with Gasteiger partial charge in [0.25, 0.3) is 0 Å². The molecule has 1 unspecified atom stereocenters. The highest BCUT2D eigenvalue weighted by Crippen LogP contribution is 2.22. The molecule has 1 aliphatic rings.